The number of aromatic hydroxyl groups is 1. The van der Waals surface area contributed by atoms with E-state index in [0.717, 1.165) is 12.8 Å². The maximum Gasteiger partial charge on any atom is 0.127 e. The quantitative estimate of drug-likeness (QED) is 0.835. The number of aryl methyl sites for hydroxylation is 1. The van der Waals surface area contributed by atoms with Crippen LogP contribution in [0.1, 0.15) is 43.2 Å². The highest BCUT2D eigenvalue weighted by Crippen LogP contribution is 2.61. The Hall–Kier alpha value is -1.13. The van der Waals surface area contributed by atoms with E-state index in [1.54, 1.807) is 13.2 Å². The van der Waals surface area contributed by atoms with Crippen LogP contribution in [0, 0.1) is 17.3 Å². The third-order valence-corrected chi connectivity index (χ3v) is 6.90. The molecule has 126 valence electrons. The molecule has 3 nitrogen and oxygen atoms in total. The second-order valence-electron chi connectivity index (χ2n) is 7.90. The highest BCUT2D eigenvalue weighted by atomic mass is 19.1. The van der Waals surface area contributed by atoms with Crippen LogP contribution in [-0.4, -0.2) is 35.7 Å². The van der Waals surface area contributed by atoms with Crippen molar-refractivity contribution in [2.75, 3.05) is 7.11 Å². The van der Waals surface area contributed by atoms with Crippen molar-refractivity contribution in [3.8, 4) is 5.75 Å². The first-order chi connectivity index (χ1) is 11.0. The molecule has 4 rings (SSSR count). The van der Waals surface area contributed by atoms with Crippen LogP contribution in [-0.2, 0) is 11.2 Å². The molecule has 4 heteroatoms. The second kappa shape index (κ2) is 5.18. The van der Waals surface area contributed by atoms with E-state index in [0.29, 0.717) is 24.5 Å². The number of fused-ring (bicyclic) bond motifs is 5. The summed E-state index contributed by atoms with van der Waals surface area (Å²) in [6, 6.07) is 5.60. The first-order valence-corrected chi connectivity index (χ1v) is 8.62. The van der Waals surface area contributed by atoms with Crippen LogP contribution in [0.15, 0.2) is 18.2 Å². The molecule has 1 aromatic rings. The topological polar surface area (TPSA) is 49.7 Å². The van der Waals surface area contributed by atoms with Crippen LogP contribution < -0.4 is 0 Å². The van der Waals surface area contributed by atoms with Crippen molar-refractivity contribution >= 4 is 0 Å². The number of phenolic OH excluding ortho intramolecular Hbond substituents is 1. The van der Waals surface area contributed by atoms with E-state index in [4.69, 9.17) is 4.74 Å². The minimum Gasteiger partial charge on any atom is -0.508 e. The molecule has 0 aliphatic heterocycles. The van der Waals surface area contributed by atoms with Gasteiger partial charge in [0.15, 0.2) is 0 Å². The average molecular weight is 320 g/mol. The first-order valence-electron chi connectivity index (χ1n) is 8.62. The molecule has 0 aromatic heterocycles. The van der Waals surface area contributed by atoms with Crippen molar-refractivity contribution < 1.29 is 19.3 Å². The summed E-state index contributed by atoms with van der Waals surface area (Å²) >= 11 is 0. The Bertz CT molecular complexity index is 619. The van der Waals surface area contributed by atoms with Gasteiger partial charge in [0.2, 0.25) is 0 Å². The summed E-state index contributed by atoms with van der Waals surface area (Å²) in [5.41, 5.74) is 2.03. The van der Waals surface area contributed by atoms with Crippen molar-refractivity contribution in [3.05, 3.63) is 29.3 Å². The molecule has 0 amide bonds. The molecule has 3 aliphatic rings. The smallest absolute Gasteiger partial charge is 0.127 e. The SMILES string of the molecule is CO[C@H]1C[C@]2(C)[C@@H](O)[C@@H](F)C[C@H]2[C@@H]2CCc3cc(O)ccc3[C@H]21. The summed E-state index contributed by atoms with van der Waals surface area (Å²) in [6.07, 6.45) is 1.02. The van der Waals surface area contributed by atoms with Crippen LogP contribution >= 0.6 is 0 Å². The molecular weight excluding hydrogens is 295 g/mol. The van der Waals surface area contributed by atoms with E-state index in [1.807, 2.05) is 19.1 Å². The summed E-state index contributed by atoms with van der Waals surface area (Å²) in [5, 5.41) is 20.2. The molecule has 2 N–H and O–H groups in total. The third kappa shape index (κ3) is 2.07. The van der Waals surface area contributed by atoms with Gasteiger partial charge in [-0.2, -0.15) is 0 Å². The zero-order valence-corrected chi connectivity index (χ0v) is 13.7. The van der Waals surface area contributed by atoms with Crippen molar-refractivity contribution in [1.29, 1.82) is 0 Å². The monoisotopic (exact) mass is 320 g/mol. The number of methoxy groups -OCH3 is 1. The number of alkyl halides is 1. The van der Waals surface area contributed by atoms with Crippen molar-refractivity contribution in [2.45, 2.75) is 56.9 Å². The largest absolute Gasteiger partial charge is 0.508 e. The van der Waals surface area contributed by atoms with Gasteiger partial charge in [0, 0.05) is 18.4 Å². The summed E-state index contributed by atoms with van der Waals surface area (Å²) in [5.74, 6) is 1.08. The van der Waals surface area contributed by atoms with Gasteiger partial charge in [-0.1, -0.05) is 13.0 Å². The van der Waals surface area contributed by atoms with Gasteiger partial charge in [-0.25, -0.2) is 4.39 Å². The predicted molar refractivity (Wildman–Crippen MR) is 85.2 cm³/mol. The molecule has 0 heterocycles. The van der Waals surface area contributed by atoms with Crippen molar-refractivity contribution in [3.63, 3.8) is 0 Å². The Morgan fingerprint density at radius 2 is 2.13 bits per heavy atom. The fraction of sp³-hybridized carbons (Fsp3) is 0.684. The Kier molecular flexibility index (Phi) is 3.47. The van der Waals surface area contributed by atoms with Crippen molar-refractivity contribution in [2.24, 2.45) is 17.3 Å². The molecule has 23 heavy (non-hydrogen) atoms. The summed E-state index contributed by atoms with van der Waals surface area (Å²) < 4.78 is 20.1. The lowest BCUT2D eigenvalue weighted by molar-refractivity contribution is -0.0977. The van der Waals surface area contributed by atoms with E-state index in [1.165, 1.54) is 11.1 Å². The van der Waals surface area contributed by atoms with Gasteiger partial charge < -0.3 is 14.9 Å². The molecule has 0 saturated heterocycles. The summed E-state index contributed by atoms with van der Waals surface area (Å²) in [6.45, 7) is 2.04. The standard InChI is InChI=1S/C19H25FO3/c1-19-9-16(23-2)17-12-6-4-11(21)7-10(12)3-5-13(17)14(19)8-15(20)18(19)22/h4,6-7,13-18,21-22H,3,5,8-9H2,1-2H3/t13-,14-,15-,16-,17+,18-,19-/m0/s1. The number of ether oxygens (including phenoxy) is 1. The van der Waals surface area contributed by atoms with Gasteiger partial charge in [-0.15, -0.1) is 0 Å². The molecule has 7 atom stereocenters. The van der Waals surface area contributed by atoms with Gasteiger partial charge in [0.25, 0.3) is 0 Å². The van der Waals surface area contributed by atoms with Crippen LogP contribution in [0.3, 0.4) is 0 Å². The van der Waals surface area contributed by atoms with Gasteiger partial charge in [0.1, 0.15) is 11.9 Å². The molecule has 0 radical (unpaired) electrons. The average Bonchev–Trinajstić information content (AvgIpc) is 2.77. The summed E-state index contributed by atoms with van der Waals surface area (Å²) in [7, 11) is 1.72. The minimum atomic E-state index is -1.12. The normalized spacial score (nSPS) is 45.2. The van der Waals surface area contributed by atoms with Gasteiger partial charge in [0.05, 0.1) is 12.2 Å². The summed E-state index contributed by atoms with van der Waals surface area (Å²) in [4.78, 5) is 0. The van der Waals surface area contributed by atoms with Gasteiger partial charge >= 0.3 is 0 Å². The Balaban J connectivity index is 1.78. The number of benzene rings is 1. The zero-order valence-electron chi connectivity index (χ0n) is 13.7. The molecule has 3 aliphatic carbocycles. The lowest BCUT2D eigenvalue weighted by Crippen LogP contribution is -2.51. The Morgan fingerprint density at radius 3 is 2.87 bits per heavy atom. The molecule has 1 aromatic carbocycles. The van der Waals surface area contributed by atoms with E-state index in [2.05, 4.69) is 0 Å². The lowest BCUT2D eigenvalue weighted by Gasteiger charge is -2.53. The van der Waals surface area contributed by atoms with E-state index in [9.17, 15) is 14.6 Å². The number of hydrogen-bond donors (Lipinski definition) is 2. The van der Waals surface area contributed by atoms with E-state index in [-0.39, 0.29) is 17.9 Å². The fourth-order valence-electron chi connectivity index (χ4n) is 5.79. The van der Waals surface area contributed by atoms with Crippen molar-refractivity contribution in [1.82, 2.24) is 0 Å². The van der Waals surface area contributed by atoms with E-state index >= 15 is 0 Å². The van der Waals surface area contributed by atoms with E-state index < -0.39 is 17.7 Å². The second-order valence-corrected chi connectivity index (χ2v) is 7.90. The maximum atomic E-state index is 14.3. The van der Waals surface area contributed by atoms with Gasteiger partial charge in [-0.3, -0.25) is 0 Å². The third-order valence-electron chi connectivity index (χ3n) is 6.90. The van der Waals surface area contributed by atoms with Gasteiger partial charge in [-0.05, 0) is 60.8 Å². The fourth-order valence-corrected chi connectivity index (χ4v) is 5.79. The molecule has 0 bridgehead atoms. The molecule has 0 spiro atoms. The number of aliphatic hydroxyl groups is 1. The van der Waals surface area contributed by atoms with Crippen LogP contribution in [0.4, 0.5) is 4.39 Å². The minimum absolute atomic E-state index is 0.00945. The molecule has 2 saturated carbocycles. The number of halogens is 1. The predicted octanol–water partition coefficient (Wildman–Crippen LogP) is 3.18. The number of aliphatic hydroxyl groups excluding tert-OH is 1. The highest BCUT2D eigenvalue weighted by molar-refractivity contribution is 5.41. The Labute approximate surface area is 136 Å². The highest BCUT2D eigenvalue weighted by Gasteiger charge is 2.61. The molecule has 2 fully saturated rings. The number of hydrogen-bond acceptors (Lipinski definition) is 3. The lowest BCUT2D eigenvalue weighted by atomic mass is 9.54. The Morgan fingerprint density at radius 1 is 1.35 bits per heavy atom. The zero-order chi connectivity index (χ0) is 16.4. The number of phenols is 1. The molecule has 0 unspecified atom stereocenters. The maximum absolute atomic E-state index is 14.3. The van der Waals surface area contributed by atoms with Crippen LogP contribution in [0.2, 0.25) is 0 Å². The van der Waals surface area contributed by atoms with Crippen LogP contribution in [0.5, 0.6) is 5.75 Å². The first kappa shape index (κ1) is 15.4. The van der Waals surface area contributed by atoms with Crippen LogP contribution in [0.25, 0.3) is 0 Å². The molecular formula is C19H25FO3. The number of rotatable bonds is 1.